The minimum atomic E-state index is -3.70. The van der Waals surface area contributed by atoms with Gasteiger partial charge in [-0.1, -0.05) is 24.3 Å². The number of rotatable bonds is 6. The van der Waals surface area contributed by atoms with E-state index >= 15 is 0 Å². The molecule has 1 heterocycles. The first kappa shape index (κ1) is 20.0. The highest BCUT2D eigenvalue weighted by Crippen LogP contribution is 2.32. The van der Waals surface area contributed by atoms with Crippen molar-refractivity contribution in [1.29, 1.82) is 0 Å². The van der Waals surface area contributed by atoms with Gasteiger partial charge in [-0.25, -0.2) is 22.8 Å². The summed E-state index contributed by atoms with van der Waals surface area (Å²) >= 11 is 0. The second-order valence-electron chi connectivity index (χ2n) is 7.51. The quantitative estimate of drug-likeness (QED) is 0.687. The first-order valence-corrected chi connectivity index (χ1v) is 10.3. The van der Waals surface area contributed by atoms with E-state index in [0.717, 1.165) is 11.1 Å². The molecule has 0 saturated heterocycles. The van der Waals surface area contributed by atoms with Crippen LogP contribution in [0.2, 0.25) is 0 Å². The molecule has 3 aromatic rings. The van der Waals surface area contributed by atoms with Crippen LogP contribution < -0.4 is 9.46 Å². The van der Waals surface area contributed by atoms with Crippen molar-refractivity contribution in [3.63, 3.8) is 0 Å². The molecule has 8 heteroatoms. The summed E-state index contributed by atoms with van der Waals surface area (Å²) in [6.07, 6.45) is 3.14. The van der Waals surface area contributed by atoms with Crippen LogP contribution in [0.15, 0.2) is 60.0 Å². The van der Waals surface area contributed by atoms with Crippen molar-refractivity contribution in [2.24, 2.45) is 0 Å². The maximum Gasteiger partial charge on any atom is 0.241 e. The summed E-state index contributed by atoms with van der Waals surface area (Å²) in [5.41, 5.74) is 1.82. The number of ether oxygens (including phenoxy) is 1. The van der Waals surface area contributed by atoms with Crippen molar-refractivity contribution in [2.75, 3.05) is 7.11 Å². The topological polar surface area (TPSA) is 86.1 Å². The molecule has 0 spiro atoms. The summed E-state index contributed by atoms with van der Waals surface area (Å²) in [6, 6.07) is 12.7. The molecule has 148 valence electrons. The molecule has 0 aliphatic carbocycles. The predicted molar refractivity (Wildman–Crippen MR) is 108 cm³/mol. The number of hydrogen-bond donors (Lipinski definition) is 1. The van der Waals surface area contributed by atoms with Crippen molar-refractivity contribution in [3.8, 4) is 16.9 Å². The zero-order valence-corrected chi connectivity index (χ0v) is 17.2. The third kappa shape index (κ3) is 4.76. The van der Waals surface area contributed by atoms with Gasteiger partial charge in [-0.15, -0.1) is 0 Å². The summed E-state index contributed by atoms with van der Waals surface area (Å²) in [4.78, 5) is 4.15. The van der Waals surface area contributed by atoms with Gasteiger partial charge in [-0.3, -0.25) is 0 Å². The molecule has 0 fully saturated rings. The number of methoxy groups -OCH3 is 1. The lowest BCUT2D eigenvalue weighted by atomic mass is 10.0. The summed E-state index contributed by atoms with van der Waals surface area (Å²) < 4.78 is 35.6. The van der Waals surface area contributed by atoms with Crippen LogP contribution in [0.1, 0.15) is 26.3 Å². The molecule has 0 bridgehead atoms. The molecule has 28 heavy (non-hydrogen) atoms. The van der Waals surface area contributed by atoms with Gasteiger partial charge in [0.2, 0.25) is 10.0 Å². The zero-order valence-electron chi connectivity index (χ0n) is 16.4. The molecule has 7 nitrogen and oxygen atoms in total. The van der Waals surface area contributed by atoms with E-state index in [0.29, 0.717) is 17.9 Å². The molecule has 1 aromatic heterocycles. The lowest BCUT2D eigenvalue weighted by Gasteiger charge is -2.22. The van der Waals surface area contributed by atoms with Crippen LogP contribution in [0, 0.1) is 0 Å². The molecule has 2 aromatic carbocycles. The van der Waals surface area contributed by atoms with Gasteiger partial charge < -0.3 is 4.74 Å². The molecule has 3 rings (SSSR count). The highest BCUT2D eigenvalue weighted by atomic mass is 32.2. The summed E-state index contributed by atoms with van der Waals surface area (Å²) in [7, 11) is -2.14. The average molecular weight is 401 g/mol. The second kappa shape index (κ2) is 7.73. The zero-order chi connectivity index (χ0) is 20.4. The van der Waals surface area contributed by atoms with Crippen LogP contribution in [0.3, 0.4) is 0 Å². The van der Waals surface area contributed by atoms with E-state index < -0.39 is 15.6 Å². The van der Waals surface area contributed by atoms with Crippen LogP contribution in [0.5, 0.6) is 5.75 Å². The van der Waals surface area contributed by atoms with Crippen molar-refractivity contribution in [3.05, 3.63) is 60.7 Å². The first-order chi connectivity index (χ1) is 13.2. The van der Waals surface area contributed by atoms with Crippen molar-refractivity contribution in [1.82, 2.24) is 19.5 Å². The van der Waals surface area contributed by atoms with Crippen LogP contribution in [-0.4, -0.2) is 35.8 Å². The molecular weight excluding hydrogens is 376 g/mol. The molecule has 0 atom stereocenters. The number of sulfonamides is 1. The van der Waals surface area contributed by atoms with Gasteiger partial charge in [0.25, 0.3) is 0 Å². The van der Waals surface area contributed by atoms with Gasteiger partial charge >= 0.3 is 0 Å². The fourth-order valence-electron chi connectivity index (χ4n) is 2.85. The Morgan fingerprint density at radius 1 is 1.11 bits per heavy atom. The molecule has 0 aliphatic rings. The van der Waals surface area contributed by atoms with E-state index in [9.17, 15) is 8.42 Å². The Labute approximate surface area is 165 Å². The highest BCUT2D eigenvalue weighted by molar-refractivity contribution is 7.89. The lowest BCUT2D eigenvalue weighted by Crippen LogP contribution is -2.40. The fraction of sp³-hybridized carbons (Fsp3) is 0.300. The first-order valence-electron chi connectivity index (χ1n) is 8.82. The predicted octanol–water partition coefficient (Wildman–Crippen LogP) is 3.08. The Morgan fingerprint density at radius 3 is 2.39 bits per heavy atom. The number of benzene rings is 2. The Hall–Kier alpha value is -2.71. The van der Waals surface area contributed by atoms with Gasteiger partial charge in [-0.05, 0) is 50.1 Å². The molecule has 0 amide bonds. The number of hydrogen-bond acceptors (Lipinski definition) is 5. The van der Waals surface area contributed by atoms with Gasteiger partial charge in [0.05, 0.1) is 18.6 Å². The number of nitrogens with zero attached hydrogens (tertiary/aromatic N) is 3. The normalized spacial score (nSPS) is 12.1. The van der Waals surface area contributed by atoms with Gasteiger partial charge in [0, 0.05) is 11.1 Å². The van der Waals surface area contributed by atoms with Gasteiger partial charge in [0.1, 0.15) is 18.4 Å². The third-order valence-electron chi connectivity index (χ3n) is 3.99. The monoisotopic (exact) mass is 400 g/mol. The van der Waals surface area contributed by atoms with Crippen LogP contribution in [0.25, 0.3) is 11.1 Å². The summed E-state index contributed by atoms with van der Waals surface area (Å²) in [5, 5.41) is 4.10. The van der Waals surface area contributed by atoms with E-state index in [4.69, 9.17) is 4.74 Å². The minimum Gasteiger partial charge on any atom is -0.497 e. The molecule has 0 unspecified atom stereocenters. The van der Waals surface area contributed by atoms with E-state index in [2.05, 4.69) is 14.8 Å². The fourth-order valence-corrected chi connectivity index (χ4v) is 4.47. The Morgan fingerprint density at radius 2 is 1.82 bits per heavy atom. The van der Waals surface area contributed by atoms with Crippen molar-refractivity contribution >= 4 is 10.0 Å². The van der Waals surface area contributed by atoms with Gasteiger partial charge in [0.15, 0.2) is 0 Å². The third-order valence-corrected chi connectivity index (χ3v) is 5.81. The smallest absolute Gasteiger partial charge is 0.241 e. The average Bonchev–Trinajstić information content (AvgIpc) is 3.13. The summed E-state index contributed by atoms with van der Waals surface area (Å²) in [5.74, 6) is 0.594. The Bertz CT molecular complexity index is 1040. The van der Waals surface area contributed by atoms with Crippen LogP contribution in [0.4, 0.5) is 0 Å². The van der Waals surface area contributed by atoms with E-state index in [1.807, 2.05) is 45.0 Å². The van der Waals surface area contributed by atoms with Gasteiger partial charge in [-0.2, -0.15) is 5.10 Å². The van der Waals surface area contributed by atoms with E-state index in [-0.39, 0.29) is 4.90 Å². The second-order valence-corrected chi connectivity index (χ2v) is 9.16. The highest BCUT2D eigenvalue weighted by Gasteiger charge is 2.25. The minimum absolute atomic E-state index is 0.215. The van der Waals surface area contributed by atoms with Crippen molar-refractivity contribution in [2.45, 2.75) is 37.8 Å². The standard InChI is InChI=1S/C20H24N4O3S/c1-20(2,3)23-28(25,26)19-10-9-17(27-4)11-18(19)16-7-5-15(6-8-16)12-24-14-21-13-22-24/h5-11,13-14,23H,12H2,1-4H3. The van der Waals surface area contributed by atoms with Crippen LogP contribution >= 0.6 is 0 Å². The lowest BCUT2D eigenvalue weighted by molar-refractivity contribution is 0.414. The van der Waals surface area contributed by atoms with E-state index in [1.165, 1.54) is 6.33 Å². The Balaban J connectivity index is 2.00. The Kier molecular flexibility index (Phi) is 5.53. The molecule has 0 saturated carbocycles. The van der Waals surface area contributed by atoms with Crippen molar-refractivity contribution < 1.29 is 13.2 Å². The molecule has 0 aliphatic heterocycles. The molecule has 0 radical (unpaired) electrons. The SMILES string of the molecule is COc1ccc(S(=O)(=O)NC(C)(C)C)c(-c2ccc(Cn3cncn3)cc2)c1. The molecule has 1 N–H and O–H groups in total. The summed E-state index contributed by atoms with van der Waals surface area (Å²) in [6.45, 7) is 6.03. The number of aromatic nitrogens is 3. The van der Waals surface area contributed by atoms with Crippen LogP contribution in [-0.2, 0) is 16.6 Å². The largest absolute Gasteiger partial charge is 0.497 e. The number of nitrogens with one attached hydrogen (secondary N) is 1. The maximum absolute atomic E-state index is 12.9. The maximum atomic E-state index is 12.9. The van der Waals surface area contributed by atoms with E-state index in [1.54, 1.807) is 36.3 Å². The molecular formula is C20H24N4O3S.